The Morgan fingerprint density at radius 2 is 1.94 bits per heavy atom. The maximum Gasteiger partial charge on any atom is 0.257 e. The summed E-state index contributed by atoms with van der Waals surface area (Å²) in [5.74, 6) is 0.463. The van der Waals surface area contributed by atoms with Gasteiger partial charge in [0.2, 0.25) is 0 Å². The van der Waals surface area contributed by atoms with Gasteiger partial charge in [-0.1, -0.05) is 17.7 Å². The van der Waals surface area contributed by atoms with Gasteiger partial charge in [0.05, 0.1) is 4.90 Å². The maximum absolute atomic E-state index is 11.4. The van der Waals surface area contributed by atoms with E-state index < -0.39 is 9.84 Å². The van der Waals surface area contributed by atoms with E-state index in [0.717, 1.165) is 6.26 Å². The molecule has 2 aromatic rings. The highest BCUT2D eigenvalue weighted by Gasteiger charge is 2.10. The van der Waals surface area contributed by atoms with Crippen LogP contribution < -0.4 is 4.74 Å². The molecule has 1 aromatic carbocycles. The van der Waals surface area contributed by atoms with Gasteiger partial charge in [0.1, 0.15) is 5.75 Å². The van der Waals surface area contributed by atoms with E-state index in [1.54, 1.807) is 12.1 Å². The lowest BCUT2D eigenvalue weighted by Gasteiger charge is -2.06. The van der Waals surface area contributed by atoms with Gasteiger partial charge in [0.15, 0.2) is 15.0 Å². The maximum atomic E-state index is 11.4. The van der Waals surface area contributed by atoms with E-state index >= 15 is 0 Å². The molecule has 0 spiro atoms. The fourth-order valence-electron chi connectivity index (χ4n) is 1.26. The molecule has 0 amide bonds. The van der Waals surface area contributed by atoms with Crippen molar-refractivity contribution in [1.29, 1.82) is 0 Å². The number of hydrogen-bond acceptors (Lipinski definition) is 5. The van der Waals surface area contributed by atoms with Crippen molar-refractivity contribution in [2.45, 2.75) is 4.90 Å². The van der Waals surface area contributed by atoms with Crippen molar-refractivity contribution in [3.63, 3.8) is 0 Å². The van der Waals surface area contributed by atoms with Crippen LogP contribution in [0, 0.1) is 0 Å². The summed E-state index contributed by atoms with van der Waals surface area (Å²) in [6, 6.07) is 6.08. The number of benzene rings is 1. The Balaban J connectivity index is 2.34. The molecule has 0 unspecified atom stereocenters. The van der Waals surface area contributed by atoms with Gasteiger partial charge in [0.25, 0.3) is 5.88 Å². The minimum Gasteiger partial charge on any atom is -0.436 e. The molecule has 0 aliphatic rings. The number of nitrogens with zero attached hydrogens (tertiary/aromatic N) is 2. The quantitative estimate of drug-likeness (QED) is 0.865. The fourth-order valence-corrected chi connectivity index (χ4v) is 2.06. The Hall–Kier alpha value is -1.66. The topological polar surface area (TPSA) is 69.2 Å². The molecule has 0 saturated heterocycles. The molecule has 0 atom stereocenters. The molecule has 0 bridgehead atoms. The lowest BCUT2D eigenvalue weighted by atomic mass is 10.3. The average Bonchev–Trinajstić information content (AvgIpc) is 2.31. The van der Waals surface area contributed by atoms with Crippen LogP contribution in [0.4, 0.5) is 0 Å². The summed E-state index contributed by atoms with van der Waals surface area (Å²) in [7, 11) is -3.28. The predicted molar refractivity (Wildman–Crippen MR) is 66.7 cm³/mol. The van der Waals surface area contributed by atoms with Gasteiger partial charge in [0, 0.05) is 18.6 Å². The lowest BCUT2D eigenvalue weighted by Crippen LogP contribution is -1.97. The van der Waals surface area contributed by atoms with Gasteiger partial charge in [-0.3, -0.25) is 0 Å². The van der Waals surface area contributed by atoms with Gasteiger partial charge in [-0.2, -0.15) is 0 Å². The first-order chi connectivity index (χ1) is 8.47. The Morgan fingerprint density at radius 3 is 2.61 bits per heavy atom. The molecule has 2 rings (SSSR count). The van der Waals surface area contributed by atoms with E-state index in [2.05, 4.69) is 9.97 Å². The van der Waals surface area contributed by atoms with Gasteiger partial charge < -0.3 is 4.74 Å². The third kappa shape index (κ3) is 2.96. The van der Waals surface area contributed by atoms with E-state index in [1.807, 2.05) is 0 Å². The molecular formula is C11H9ClN2O3S. The second-order valence-electron chi connectivity index (χ2n) is 3.50. The Kier molecular flexibility index (Phi) is 3.49. The van der Waals surface area contributed by atoms with Gasteiger partial charge in [-0.25, -0.2) is 18.4 Å². The fraction of sp³-hybridized carbons (Fsp3) is 0.0909. The zero-order chi connectivity index (χ0) is 13.2. The molecule has 1 heterocycles. The monoisotopic (exact) mass is 284 g/mol. The molecule has 7 heteroatoms. The van der Waals surface area contributed by atoms with Crippen LogP contribution >= 0.6 is 11.6 Å². The Morgan fingerprint density at radius 1 is 1.22 bits per heavy atom. The van der Waals surface area contributed by atoms with Crippen LogP contribution in [0.15, 0.2) is 41.6 Å². The highest BCUT2D eigenvalue weighted by Crippen LogP contribution is 2.26. The number of sulfone groups is 1. The van der Waals surface area contributed by atoms with Crippen LogP contribution in [0.2, 0.25) is 5.15 Å². The minimum atomic E-state index is -3.28. The van der Waals surface area contributed by atoms with Crippen LogP contribution in [-0.4, -0.2) is 24.6 Å². The molecular weight excluding hydrogens is 276 g/mol. The first-order valence-electron chi connectivity index (χ1n) is 4.91. The molecule has 5 nitrogen and oxygen atoms in total. The van der Waals surface area contributed by atoms with Crippen LogP contribution in [0.5, 0.6) is 11.6 Å². The molecule has 0 aliphatic carbocycles. The number of rotatable bonds is 3. The summed E-state index contributed by atoms with van der Waals surface area (Å²) in [5.41, 5.74) is 0. The third-order valence-corrected chi connectivity index (χ3v) is 3.44. The highest BCUT2D eigenvalue weighted by atomic mass is 35.5. The molecule has 0 saturated carbocycles. The third-order valence-electron chi connectivity index (χ3n) is 2.07. The molecule has 0 N–H and O–H groups in total. The number of aromatic nitrogens is 2. The summed E-state index contributed by atoms with van der Waals surface area (Å²) in [6.07, 6.45) is 3.99. The molecule has 94 valence electrons. The van der Waals surface area contributed by atoms with Crippen molar-refractivity contribution < 1.29 is 13.2 Å². The zero-order valence-corrected chi connectivity index (χ0v) is 10.9. The van der Waals surface area contributed by atoms with Crippen LogP contribution in [0.3, 0.4) is 0 Å². The normalized spacial score (nSPS) is 11.2. The molecule has 18 heavy (non-hydrogen) atoms. The minimum absolute atomic E-state index is 0.113. The number of hydrogen-bond donors (Lipinski definition) is 0. The van der Waals surface area contributed by atoms with Gasteiger partial charge >= 0.3 is 0 Å². The number of ether oxygens (including phenoxy) is 1. The van der Waals surface area contributed by atoms with Crippen molar-refractivity contribution in [1.82, 2.24) is 9.97 Å². The Labute approximate surface area is 109 Å². The highest BCUT2D eigenvalue weighted by molar-refractivity contribution is 7.90. The average molecular weight is 285 g/mol. The summed E-state index contributed by atoms with van der Waals surface area (Å²) in [4.78, 5) is 7.87. The zero-order valence-electron chi connectivity index (χ0n) is 9.37. The van der Waals surface area contributed by atoms with Crippen LogP contribution in [-0.2, 0) is 9.84 Å². The van der Waals surface area contributed by atoms with Crippen molar-refractivity contribution in [3.8, 4) is 11.6 Å². The standard InChI is InChI=1S/C11H9ClN2O3S/c1-18(15,16)9-4-2-3-8(7-9)17-11-10(12)13-5-6-14-11/h2-7H,1H3. The summed E-state index contributed by atoms with van der Waals surface area (Å²) in [5, 5.41) is 0.113. The van der Waals surface area contributed by atoms with Crippen LogP contribution in [0.25, 0.3) is 0 Å². The van der Waals surface area contributed by atoms with Gasteiger partial charge in [-0.05, 0) is 18.2 Å². The number of halogens is 1. The first kappa shape index (κ1) is 12.8. The van der Waals surface area contributed by atoms with E-state index in [0.29, 0.717) is 5.75 Å². The van der Waals surface area contributed by atoms with Gasteiger partial charge in [-0.15, -0.1) is 0 Å². The first-order valence-corrected chi connectivity index (χ1v) is 7.18. The molecule has 0 fully saturated rings. The van der Waals surface area contributed by atoms with Crippen LogP contribution in [0.1, 0.15) is 0 Å². The van der Waals surface area contributed by atoms with E-state index in [4.69, 9.17) is 16.3 Å². The van der Waals surface area contributed by atoms with Crippen molar-refractivity contribution >= 4 is 21.4 Å². The molecule has 1 aromatic heterocycles. The summed E-state index contributed by atoms with van der Waals surface area (Å²) in [6.45, 7) is 0. The van der Waals surface area contributed by atoms with E-state index in [-0.39, 0.29) is 15.9 Å². The second kappa shape index (κ2) is 4.91. The Bertz CT molecular complexity index is 673. The van der Waals surface area contributed by atoms with Crippen molar-refractivity contribution in [3.05, 3.63) is 41.8 Å². The lowest BCUT2D eigenvalue weighted by molar-refractivity contribution is 0.459. The molecule has 0 aliphatic heterocycles. The summed E-state index contributed by atoms with van der Waals surface area (Å²) >= 11 is 5.79. The summed E-state index contributed by atoms with van der Waals surface area (Å²) < 4.78 is 28.2. The largest absolute Gasteiger partial charge is 0.436 e. The van der Waals surface area contributed by atoms with E-state index in [9.17, 15) is 8.42 Å². The smallest absolute Gasteiger partial charge is 0.257 e. The SMILES string of the molecule is CS(=O)(=O)c1cccc(Oc2nccnc2Cl)c1. The van der Waals surface area contributed by atoms with Crippen molar-refractivity contribution in [2.24, 2.45) is 0 Å². The van der Waals surface area contributed by atoms with E-state index in [1.165, 1.54) is 24.5 Å². The second-order valence-corrected chi connectivity index (χ2v) is 5.88. The van der Waals surface area contributed by atoms with Crippen molar-refractivity contribution in [2.75, 3.05) is 6.26 Å². The predicted octanol–water partition coefficient (Wildman–Crippen LogP) is 2.33. The molecule has 0 radical (unpaired) electrons.